The van der Waals surface area contributed by atoms with Gasteiger partial charge in [0.25, 0.3) is 0 Å². The van der Waals surface area contributed by atoms with Gasteiger partial charge in [-0.25, -0.2) is 4.21 Å². The molecule has 1 N–H and O–H groups in total. The fraction of sp³-hybridized carbons (Fsp3) is 0.143. The Hall–Kier alpha value is -0.320. The first-order valence-electron chi connectivity index (χ1n) is 3.04. The summed E-state index contributed by atoms with van der Waals surface area (Å²) in [5, 5.41) is 0.240. The van der Waals surface area contributed by atoms with E-state index in [0.29, 0.717) is 0 Å². The molecular formula is C7H8O2S2. The molecule has 0 radical (unpaired) electrons. The van der Waals surface area contributed by atoms with E-state index in [9.17, 15) is 4.21 Å². The lowest BCUT2D eigenvalue weighted by Gasteiger charge is -1.95. The fourth-order valence-electron chi connectivity index (χ4n) is 0.635. The summed E-state index contributed by atoms with van der Waals surface area (Å²) in [6.07, 6.45) is 0. The Morgan fingerprint density at radius 3 is 2.55 bits per heavy atom. The van der Waals surface area contributed by atoms with Crippen LogP contribution >= 0.6 is 11.8 Å². The summed E-state index contributed by atoms with van der Waals surface area (Å²) in [7, 11) is 0. The highest BCUT2D eigenvalue weighted by molar-refractivity contribution is 8.08. The maximum atomic E-state index is 10.3. The molecule has 0 saturated heterocycles. The maximum Gasteiger partial charge on any atom is 0.163 e. The van der Waals surface area contributed by atoms with Gasteiger partial charge in [-0.15, -0.1) is 11.8 Å². The molecule has 0 saturated carbocycles. The summed E-state index contributed by atoms with van der Waals surface area (Å²) >= 11 is -0.325. The molecule has 0 heterocycles. The molecule has 0 aliphatic heterocycles. The van der Waals surface area contributed by atoms with Crippen LogP contribution in [0.3, 0.4) is 0 Å². The van der Waals surface area contributed by atoms with Gasteiger partial charge in [-0.05, 0) is 12.1 Å². The number of benzene rings is 1. The van der Waals surface area contributed by atoms with Crippen LogP contribution in [0, 0.1) is 0 Å². The average molecular weight is 188 g/mol. The van der Waals surface area contributed by atoms with E-state index in [1.807, 2.05) is 30.3 Å². The van der Waals surface area contributed by atoms with Gasteiger partial charge in [0.05, 0.1) is 5.08 Å². The highest BCUT2D eigenvalue weighted by Crippen LogP contribution is 2.16. The molecule has 4 heteroatoms. The molecule has 11 heavy (non-hydrogen) atoms. The molecule has 0 aliphatic carbocycles. The van der Waals surface area contributed by atoms with Crippen molar-refractivity contribution in [3.63, 3.8) is 0 Å². The van der Waals surface area contributed by atoms with Crippen molar-refractivity contribution >= 4 is 22.8 Å². The van der Waals surface area contributed by atoms with E-state index in [1.165, 1.54) is 11.8 Å². The van der Waals surface area contributed by atoms with E-state index in [2.05, 4.69) is 0 Å². The van der Waals surface area contributed by atoms with E-state index in [0.717, 1.165) is 4.90 Å². The van der Waals surface area contributed by atoms with Crippen molar-refractivity contribution in [1.29, 1.82) is 0 Å². The van der Waals surface area contributed by atoms with Gasteiger partial charge in [0.1, 0.15) is 0 Å². The highest BCUT2D eigenvalue weighted by Gasteiger charge is 1.94. The maximum absolute atomic E-state index is 10.3. The summed E-state index contributed by atoms with van der Waals surface area (Å²) in [6, 6.07) is 9.56. The third kappa shape index (κ3) is 3.55. The zero-order valence-electron chi connectivity index (χ0n) is 5.77. The zero-order chi connectivity index (χ0) is 8.10. The molecule has 1 aromatic carbocycles. The second-order valence-corrected chi connectivity index (χ2v) is 4.24. The molecule has 1 aromatic rings. The summed E-state index contributed by atoms with van der Waals surface area (Å²) in [6.45, 7) is 0. The van der Waals surface area contributed by atoms with Crippen molar-refractivity contribution in [3.8, 4) is 0 Å². The van der Waals surface area contributed by atoms with Crippen molar-refractivity contribution in [1.82, 2.24) is 0 Å². The minimum absolute atomic E-state index is 0.240. The average Bonchev–Trinajstić information content (AvgIpc) is 2.03. The lowest BCUT2D eigenvalue weighted by Crippen LogP contribution is -1.88. The fourth-order valence-corrected chi connectivity index (χ4v) is 1.93. The normalized spacial score (nSPS) is 12.8. The van der Waals surface area contributed by atoms with Gasteiger partial charge in [0.2, 0.25) is 0 Å². The number of rotatable bonds is 3. The highest BCUT2D eigenvalue weighted by atomic mass is 32.2. The van der Waals surface area contributed by atoms with Gasteiger partial charge < -0.3 is 4.55 Å². The Bertz CT molecular complexity index is 235. The van der Waals surface area contributed by atoms with E-state index in [-0.39, 0.29) is 5.08 Å². The van der Waals surface area contributed by atoms with Crippen LogP contribution < -0.4 is 0 Å². The standard InChI is InChI=1S/C7H8O2S2/c8-11(9)6-10-7-4-2-1-3-5-7/h1-5H,6H2,(H,8,9). The first-order chi connectivity index (χ1) is 5.29. The van der Waals surface area contributed by atoms with E-state index >= 15 is 0 Å². The van der Waals surface area contributed by atoms with Crippen LogP contribution in [-0.2, 0) is 11.1 Å². The predicted molar refractivity (Wildman–Crippen MR) is 47.9 cm³/mol. The Kier molecular flexibility index (Phi) is 3.62. The summed E-state index contributed by atoms with van der Waals surface area (Å²) in [5.41, 5.74) is 0. The van der Waals surface area contributed by atoms with Gasteiger partial charge in [-0.1, -0.05) is 18.2 Å². The second-order valence-electron chi connectivity index (χ2n) is 1.90. The van der Waals surface area contributed by atoms with Crippen molar-refractivity contribution in [2.45, 2.75) is 4.90 Å². The molecule has 1 rings (SSSR count). The lowest BCUT2D eigenvalue weighted by molar-refractivity contribution is 0.569. The van der Waals surface area contributed by atoms with Gasteiger partial charge >= 0.3 is 0 Å². The SMILES string of the molecule is O=S(O)CSc1ccccc1. The monoisotopic (exact) mass is 188 g/mol. The summed E-state index contributed by atoms with van der Waals surface area (Å²) in [4.78, 5) is 1.02. The van der Waals surface area contributed by atoms with Crippen molar-refractivity contribution < 1.29 is 8.76 Å². The second kappa shape index (κ2) is 4.54. The molecule has 1 atom stereocenters. The molecule has 0 bridgehead atoms. The number of thioether (sulfide) groups is 1. The van der Waals surface area contributed by atoms with E-state index < -0.39 is 11.1 Å². The Balaban J connectivity index is 2.45. The largest absolute Gasteiger partial charge is 0.305 e. The smallest absolute Gasteiger partial charge is 0.163 e. The first kappa shape index (κ1) is 8.77. The molecule has 0 fully saturated rings. The Labute approximate surface area is 72.3 Å². The number of hydrogen-bond donors (Lipinski definition) is 1. The summed E-state index contributed by atoms with van der Waals surface area (Å²) < 4.78 is 18.7. The molecular weight excluding hydrogens is 180 g/mol. The van der Waals surface area contributed by atoms with Crippen LogP contribution in [0.2, 0.25) is 0 Å². The van der Waals surface area contributed by atoms with Crippen LogP contribution in [0.4, 0.5) is 0 Å². The van der Waals surface area contributed by atoms with Gasteiger partial charge in [0.15, 0.2) is 11.1 Å². The predicted octanol–water partition coefficient (Wildman–Crippen LogP) is 1.96. The molecule has 0 amide bonds. The minimum Gasteiger partial charge on any atom is -0.305 e. The van der Waals surface area contributed by atoms with Crippen LogP contribution in [0.15, 0.2) is 35.2 Å². The van der Waals surface area contributed by atoms with Crippen molar-refractivity contribution in [3.05, 3.63) is 30.3 Å². The van der Waals surface area contributed by atoms with Gasteiger partial charge in [0, 0.05) is 4.90 Å². The van der Waals surface area contributed by atoms with E-state index in [1.54, 1.807) is 0 Å². The molecule has 0 spiro atoms. The van der Waals surface area contributed by atoms with Crippen LogP contribution in [0.1, 0.15) is 0 Å². The molecule has 0 aliphatic rings. The minimum atomic E-state index is -1.70. The van der Waals surface area contributed by atoms with Crippen LogP contribution in [-0.4, -0.2) is 13.8 Å². The van der Waals surface area contributed by atoms with Crippen molar-refractivity contribution in [2.75, 3.05) is 5.08 Å². The number of hydrogen-bond acceptors (Lipinski definition) is 2. The first-order valence-corrected chi connectivity index (χ1v) is 5.30. The van der Waals surface area contributed by atoms with Gasteiger partial charge in [-0.3, -0.25) is 0 Å². The third-order valence-electron chi connectivity index (χ3n) is 1.07. The third-order valence-corrected chi connectivity index (χ3v) is 2.95. The molecule has 0 aromatic heterocycles. The summed E-state index contributed by atoms with van der Waals surface area (Å²) in [5.74, 6) is 0. The Morgan fingerprint density at radius 1 is 1.36 bits per heavy atom. The Morgan fingerprint density at radius 2 is 2.00 bits per heavy atom. The quantitative estimate of drug-likeness (QED) is 0.582. The van der Waals surface area contributed by atoms with Gasteiger partial charge in [-0.2, -0.15) is 0 Å². The van der Waals surface area contributed by atoms with Crippen molar-refractivity contribution in [2.24, 2.45) is 0 Å². The zero-order valence-corrected chi connectivity index (χ0v) is 7.40. The molecule has 1 unspecified atom stereocenters. The van der Waals surface area contributed by atoms with Crippen LogP contribution in [0.25, 0.3) is 0 Å². The lowest BCUT2D eigenvalue weighted by atomic mass is 10.4. The van der Waals surface area contributed by atoms with Crippen LogP contribution in [0.5, 0.6) is 0 Å². The molecule has 60 valence electrons. The van der Waals surface area contributed by atoms with E-state index in [4.69, 9.17) is 4.55 Å². The molecule has 2 nitrogen and oxygen atoms in total. The topological polar surface area (TPSA) is 37.3 Å².